The SMILES string of the molecule is Cc1cc(NC(=O)CN2CCC(CO)CC2)n(-c2ccc(F)cc2)n1. The van der Waals surface area contributed by atoms with E-state index in [4.69, 9.17) is 0 Å². The molecule has 0 atom stereocenters. The number of hydrogen-bond acceptors (Lipinski definition) is 4. The zero-order chi connectivity index (χ0) is 17.8. The monoisotopic (exact) mass is 346 g/mol. The van der Waals surface area contributed by atoms with Gasteiger partial charge in [0.05, 0.1) is 17.9 Å². The van der Waals surface area contributed by atoms with Crippen LogP contribution in [-0.2, 0) is 4.79 Å². The lowest BCUT2D eigenvalue weighted by Crippen LogP contribution is -2.40. The van der Waals surface area contributed by atoms with E-state index in [1.165, 1.54) is 12.1 Å². The number of aromatic nitrogens is 2. The molecule has 25 heavy (non-hydrogen) atoms. The summed E-state index contributed by atoms with van der Waals surface area (Å²) in [6, 6.07) is 7.76. The van der Waals surface area contributed by atoms with E-state index in [0.717, 1.165) is 31.6 Å². The average Bonchev–Trinajstić information content (AvgIpc) is 2.96. The number of nitrogens with one attached hydrogen (secondary N) is 1. The normalized spacial score (nSPS) is 16.1. The fraction of sp³-hybridized carbons (Fsp3) is 0.444. The fourth-order valence-electron chi connectivity index (χ4n) is 3.08. The first kappa shape index (κ1) is 17.6. The van der Waals surface area contributed by atoms with Crippen molar-refractivity contribution in [3.63, 3.8) is 0 Å². The number of carbonyl (C=O) groups excluding carboxylic acids is 1. The van der Waals surface area contributed by atoms with Crippen LogP contribution in [0.3, 0.4) is 0 Å². The van der Waals surface area contributed by atoms with Gasteiger partial charge in [0, 0.05) is 12.7 Å². The van der Waals surface area contributed by atoms with Gasteiger partial charge in [-0.15, -0.1) is 0 Å². The zero-order valence-electron chi connectivity index (χ0n) is 14.3. The maximum Gasteiger partial charge on any atom is 0.239 e. The summed E-state index contributed by atoms with van der Waals surface area (Å²) in [7, 11) is 0. The highest BCUT2D eigenvalue weighted by atomic mass is 19.1. The van der Waals surface area contributed by atoms with Crippen molar-refractivity contribution in [3.05, 3.63) is 41.8 Å². The first-order valence-electron chi connectivity index (χ1n) is 8.51. The molecule has 3 rings (SSSR count). The highest BCUT2D eigenvalue weighted by Gasteiger charge is 2.21. The Hall–Kier alpha value is -2.25. The summed E-state index contributed by atoms with van der Waals surface area (Å²) in [5.41, 5.74) is 1.46. The fourth-order valence-corrected chi connectivity index (χ4v) is 3.08. The summed E-state index contributed by atoms with van der Waals surface area (Å²) in [5.74, 6) is 0.497. The van der Waals surface area contributed by atoms with Crippen molar-refractivity contribution in [2.75, 3.05) is 31.6 Å². The van der Waals surface area contributed by atoms with E-state index in [1.54, 1.807) is 22.9 Å². The molecule has 0 spiro atoms. The lowest BCUT2D eigenvalue weighted by molar-refractivity contribution is -0.117. The molecule has 0 bridgehead atoms. The van der Waals surface area contributed by atoms with Gasteiger partial charge in [0.1, 0.15) is 11.6 Å². The molecule has 1 fully saturated rings. The van der Waals surface area contributed by atoms with E-state index in [1.807, 2.05) is 6.92 Å². The number of carbonyl (C=O) groups is 1. The molecular formula is C18H23FN4O2. The third kappa shape index (κ3) is 4.43. The summed E-state index contributed by atoms with van der Waals surface area (Å²) in [6.45, 7) is 4.00. The van der Waals surface area contributed by atoms with Crippen molar-refractivity contribution in [2.24, 2.45) is 5.92 Å². The Bertz CT molecular complexity index is 721. The molecule has 0 radical (unpaired) electrons. The summed E-state index contributed by atoms with van der Waals surface area (Å²) >= 11 is 0. The van der Waals surface area contributed by atoms with Crippen LogP contribution < -0.4 is 5.32 Å². The minimum Gasteiger partial charge on any atom is -0.396 e. The number of aryl methyl sites for hydroxylation is 1. The van der Waals surface area contributed by atoms with Gasteiger partial charge >= 0.3 is 0 Å². The molecule has 2 heterocycles. The van der Waals surface area contributed by atoms with Gasteiger partial charge in [-0.25, -0.2) is 9.07 Å². The lowest BCUT2D eigenvalue weighted by atomic mass is 9.98. The van der Waals surface area contributed by atoms with Crippen LogP contribution in [-0.4, -0.2) is 51.9 Å². The number of rotatable bonds is 5. The van der Waals surface area contributed by atoms with Crippen LogP contribution in [0.4, 0.5) is 10.2 Å². The number of halogens is 1. The minimum atomic E-state index is -0.315. The molecule has 0 saturated carbocycles. The number of aliphatic hydroxyl groups excluding tert-OH is 1. The Morgan fingerprint density at radius 3 is 2.64 bits per heavy atom. The molecule has 0 aliphatic carbocycles. The number of amides is 1. The molecule has 6 nitrogen and oxygen atoms in total. The molecule has 1 aromatic heterocycles. The van der Waals surface area contributed by atoms with Crippen LogP contribution in [0.1, 0.15) is 18.5 Å². The van der Waals surface area contributed by atoms with Crippen LogP contribution in [0.25, 0.3) is 5.69 Å². The predicted molar refractivity (Wildman–Crippen MR) is 93.1 cm³/mol. The van der Waals surface area contributed by atoms with E-state index in [2.05, 4.69) is 15.3 Å². The Morgan fingerprint density at radius 1 is 1.32 bits per heavy atom. The second kappa shape index (κ2) is 7.76. The summed E-state index contributed by atoms with van der Waals surface area (Å²) in [6.07, 6.45) is 1.83. The van der Waals surface area contributed by atoms with Crippen LogP contribution in [0, 0.1) is 18.7 Å². The van der Waals surface area contributed by atoms with Crippen molar-refractivity contribution in [2.45, 2.75) is 19.8 Å². The van der Waals surface area contributed by atoms with Crippen molar-refractivity contribution >= 4 is 11.7 Å². The van der Waals surface area contributed by atoms with Gasteiger partial charge in [-0.2, -0.15) is 5.10 Å². The number of likely N-dealkylation sites (tertiary alicyclic amines) is 1. The maximum absolute atomic E-state index is 13.1. The van der Waals surface area contributed by atoms with Gasteiger partial charge in [-0.3, -0.25) is 9.69 Å². The minimum absolute atomic E-state index is 0.106. The Balaban J connectivity index is 1.65. The highest BCUT2D eigenvalue weighted by Crippen LogP contribution is 2.19. The van der Waals surface area contributed by atoms with Crippen molar-refractivity contribution < 1.29 is 14.3 Å². The predicted octanol–water partition coefficient (Wildman–Crippen LogP) is 1.96. The molecule has 2 N–H and O–H groups in total. The van der Waals surface area contributed by atoms with Crippen molar-refractivity contribution in [1.82, 2.24) is 14.7 Å². The second-order valence-corrected chi connectivity index (χ2v) is 6.51. The van der Waals surface area contributed by atoms with Crippen molar-refractivity contribution in [1.29, 1.82) is 0 Å². The number of hydrogen-bond donors (Lipinski definition) is 2. The quantitative estimate of drug-likeness (QED) is 0.868. The van der Waals surface area contributed by atoms with Gasteiger partial charge in [0.2, 0.25) is 5.91 Å². The van der Waals surface area contributed by atoms with Gasteiger partial charge in [0.25, 0.3) is 0 Å². The molecule has 1 aromatic carbocycles. The number of piperidine rings is 1. The standard InChI is InChI=1S/C18H23FN4O2/c1-13-10-17(23(21-13)16-4-2-15(19)3-5-16)20-18(25)11-22-8-6-14(12-24)7-9-22/h2-5,10,14,24H,6-9,11-12H2,1H3,(H,20,25). The van der Waals surface area contributed by atoms with E-state index < -0.39 is 0 Å². The maximum atomic E-state index is 13.1. The van der Waals surface area contributed by atoms with Crippen molar-refractivity contribution in [3.8, 4) is 5.69 Å². The second-order valence-electron chi connectivity index (χ2n) is 6.51. The zero-order valence-corrected chi connectivity index (χ0v) is 14.3. The summed E-state index contributed by atoms with van der Waals surface area (Å²) in [5, 5.41) is 16.4. The summed E-state index contributed by atoms with van der Waals surface area (Å²) < 4.78 is 14.7. The molecule has 134 valence electrons. The van der Waals surface area contributed by atoms with Crippen LogP contribution in [0.15, 0.2) is 30.3 Å². The topological polar surface area (TPSA) is 70.4 Å². The molecule has 1 aliphatic rings. The molecule has 2 aromatic rings. The van der Waals surface area contributed by atoms with Gasteiger partial charge in [0.15, 0.2) is 0 Å². The van der Waals surface area contributed by atoms with Crippen LogP contribution >= 0.6 is 0 Å². The number of nitrogens with zero attached hydrogens (tertiary/aromatic N) is 3. The smallest absolute Gasteiger partial charge is 0.239 e. The Labute approximate surface area is 146 Å². The molecular weight excluding hydrogens is 323 g/mol. The number of anilines is 1. The van der Waals surface area contributed by atoms with Gasteiger partial charge in [-0.05, 0) is 63.0 Å². The lowest BCUT2D eigenvalue weighted by Gasteiger charge is -2.30. The first-order chi connectivity index (χ1) is 12.0. The van der Waals surface area contributed by atoms with E-state index in [-0.39, 0.29) is 18.3 Å². The van der Waals surface area contributed by atoms with E-state index in [0.29, 0.717) is 24.0 Å². The summed E-state index contributed by atoms with van der Waals surface area (Å²) in [4.78, 5) is 14.5. The Morgan fingerprint density at radius 2 is 2.00 bits per heavy atom. The molecule has 1 saturated heterocycles. The number of benzene rings is 1. The third-order valence-corrected chi connectivity index (χ3v) is 4.50. The molecule has 7 heteroatoms. The highest BCUT2D eigenvalue weighted by molar-refractivity contribution is 5.91. The molecule has 1 amide bonds. The third-order valence-electron chi connectivity index (χ3n) is 4.50. The Kier molecular flexibility index (Phi) is 5.45. The van der Waals surface area contributed by atoms with E-state index in [9.17, 15) is 14.3 Å². The molecule has 0 unspecified atom stereocenters. The van der Waals surface area contributed by atoms with E-state index >= 15 is 0 Å². The van der Waals surface area contributed by atoms with Crippen LogP contribution in [0.2, 0.25) is 0 Å². The van der Waals surface area contributed by atoms with Gasteiger partial charge < -0.3 is 10.4 Å². The first-order valence-corrected chi connectivity index (χ1v) is 8.51. The largest absolute Gasteiger partial charge is 0.396 e. The number of aliphatic hydroxyl groups is 1. The van der Waals surface area contributed by atoms with Gasteiger partial charge in [-0.1, -0.05) is 0 Å². The average molecular weight is 346 g/mol. The van der Waals surface area contributed by atoms with Crippen LogP contribution in [0.5, 0.6) is 0 Å². The molecule has 1 aliphatic heterocycles.